The van der Waals surface area contributed by atoms with Crippen molar-refractivity contribution in [3.63, 3.8) is 0 Å². The number of nitrogens with one attached hydrogen (secondary N) is 1. The first-order valence-electron chi connectivity index (χ1n) is 7.28. The second-order valence-electron chi connectivity index (χ2n) is 5.09. The van der Waals surface area contributed by atoms with Crippen LogP contribution in [0.5, 0.6) is 0 Å². The van der Waals surface area contributed by atoms with E-state index in [1.54, 1.807) is 22.1 Å². The average molecular weight is 389 g/mol. The van der Waals surface area contributed by atoms with Crippen molar-refractivity contribution in [1.29, 1.82) is 0 Å². The highest BCUT2D eigenvalue weighted by molar-refractivity contribution is 7.99. The fraction of sp³-hybridized carbons (Fsp3) is 0.133. The molecule has 0 atom stereocenters. The van der Waals surface area contributed by atoms with Crippen LogP contribution in [0.15, 0.2) is 40.3 Å². The lowest BCUT2D eigenvalue weighted by Crippen LogP contribution is -2.14. The summed E-state index contributed by atoms with van der Waals surface area (Å²) in [6.07, 6.45) is 1.59. The number of aryl methyl sites for hydroxylation is 1. The summed E-state index contributed by atoms with van der Waals surface area (Å²) in [6, 6.07) is 5.90. The quantitative estimate of drug-likeness (QED) is 0.417. The van der Waals surface area contributed by atoms with Gasteiger partial charge in [-0.3, -0.25) is 9.20 Å². The Morgan fingerprint density at radius 3 is 3.12 bits per heavy atom. The van der Waals surface area contributed by atoms with Gasteiger partial charge in [0.15, 0.2) is 5.13 Å². The highest BCUT2D eigenvalue weighted by Gasteiger charge is 2.11. The number of hydrogen-bond donors (Lipinski definition) is 1. The van der Waals surface area contributed by atoms with Crippen molar-refractivity contribution in [2.75, 3.05) is 11.1 Å². The number of aromatic nitrogens is 5. The lowest BCUT2D eigenvalue weighted by Gasteiger charge is -2.05. The zero-order valence-electron chi connectivity index (χ0n) is 13.0. The van der Waals surface area contributed by atoms with Gasteiger partial charge in [-0.25, -0.2) is 9.97 Å². The number of nitrogens with zero attached hydrogens (tertiary/aromatic N) is 5. The predicted octanol–water partition coefficient (Wildman–Crippen LogP) is 3.35. The maximum absolute atomic E-state index is 12.2. The summed E-state index contributed by atoms with van der Waals surface area (Å²) < 4.78 is 1.77. The van der Waals surface area contributed by atoms with Gasteiger partial charge in [0.2, 0.25) is 5.91 Å². The van der Waals surface area contributed by atoms with E-state index in [1.807, 2.05) is 35.9 Å². The van der Waals surface area contributed by atoms with Crippen LogP contribution >= 0.6 is 34.4 Å². The van der Waals surface area contributed by atoms with Crippen LogP contribution in [0.2, 0.25) is 0 Å². The number of thiazole rings is 1. The summed E-state index contributed by atoms with van der Waals surface area (Å²) in [5.41, 5.74) is 1.72. The third-order valence-corrected chi connectivity index (χ3v) is 5.92. The number of fused-ring (bicyclic) bond motifs is 1. The van der Waals surface area contributed by atoms with Gasteiger partial charge in [0.25, 0.3) is 5.78 Å². The Kier molecular flexibility index (Phi) is 4.47. The highest BCUT2D eigenvalue weighted by Crippen LogP contribution is 2.28. The first-order valence-corrected chi connectivity index (χ1v) is 10.0. The molecule has 0 unspecified atom stereocenters. The van der Waals surface area contributed by atoms with Gasteiger partial charge in [0.05, 0.1) is 21.3 Å². The van der Waals surface area contributed by atoms with E-state index in [-0.39, 0.29) is 11.7 Å². The molecule has 0 spiro atoms. The average Bonchev–Trinajstić information content (AvgIpc) is 3.32. The lowest BCUT2D eigenvalue weighted by atomic mass is 10.4. The molecule has 0 aliphatic rings. The predicted molar refractivity (Wildman–Crippen MR) is 100 cm³/mol. The molecule has 1 amide bonds. The molecule has 4 heterocycles. The molecule has 25 heavy (non-hydrogen) atoms. The van der Waals surface area contributed by atoms with Crippen LogP contribution in [0, 0.1) is 6.92 Å². The van der Waals surface area contributed by atoms with Crippen LogP contribution in [0.4, 0.5) is 5.13 Å². The Morgan fingerprint density at radius 1 is 1.36 bits per heavy atom. The molecule has 0 aliphatic heterocycles. The molecule has 0 fully saturated rings. The minimum Gasteiger partial charge on any atom is -0.301 e. The normalized spacial score (nSPS) is 11.1. The van der Waals surface area contributed by atoms with Crippen molar-refractivity contribution in [3.05, 3.63) is 41.0 Å². The van der Waals surface area contributed by atoms with E-state index in [9.17, 15) is 4.79 Å². The van der Waals surface area contributed by atoms with Crippen LogP contribution in [0.3, 0.4) is 0 Å². The first kappa shape index (κ1) is 16.2. The third-order valence-electron chi connectivity index (χ3n) is 3.25. The van der Waals surface area contributed by atoms with Crippen LogP contribution < -0.4 is 5.32 Å². The summed E-state index contributed by atoms with van der Waals surface area (Å²) in [5, 5.41) is 16.1. The fourth-order valence-electron chi connectivity index (χ4n) is 2.17. The first-order chi connectivity index (χ1) is 12.2. The van der Waals surface area contributed by atoms with E-state index >= 15 is 0 Å². The standard InChI is InChI=1S/C15H12N6OS3/c1-9-5-13(21-8-16-20-14(21)17-9)24-7-12(22)19-15-18-10(6-25-15)11-3-2-4-23-11/h2-6,8H,7H2,1H3,(H,18,19,22). The molecule has 0 saturated carbocycles. The summed E-state index contributed by atoms with van der Waals surface area (Å²) >= 11 is 4.46. The molecule has 0 bridgehead atoms. The Labute approximate surface area is 155 Å². The van der Waals surface area contributed by atoms with Gasteiger partial charge in [0, 0.05) is 11.1 Å². The number of thiophene rings is 1. The van der Waals surface area contributed by atoms with Crippen molar-refractivity contribution in [3.8, 4) is 10.6 Å². The smallest absolute Gasteiger partial charge is 0.255 e. The second-order valence-corrected chi connectivity index (χ2v) is 7.89. The van der Waals surface area contributed by atoms with E-state index in [0.717, 1.165) is 21.3 Å². The van der Waals surface area contributed by atoms with Gasteiger partial charge in [-0.2, -0.15) is 0 Å². The Hall–Kier alpha value is -2.30. The van der Waals surface area contributed by atoms with Crippen molar-refractivity contribution < 1.29 is 4.79 Å². The Balaban J connectivity index is 1.41. The number of amides is 1. The summed E-state index contributed by atoms with van der Waals surface area (Å²) in [7, 11) is 0. The molecule has 4 aromatic heterocycles. The third kappa shape index (κ3) is 3.55. The number of carbonyl (C=O) groups is 1. The Bertz CT molecular complexity index is 1020. The number of rotatable bonds is 5. The molecule has 0 aromatic carbocycles. The van der Waals surface area contributed by atoms with Gasteiger partial charge in [-0.15, -0.1) is 32.9 Å². The minimum absolute atomic E-state index is 0.104. The molecule has 4 rings (SSSR count). The van der Waals surface area contributed by atoms with Crippen molar-refractivity contribution in [1.82, 2.24) is 24.6 Å². The van der Waals surface area contributed by atoms with Gasteiger partial charge in [-0.05, 0) is 24.4 Å². The maximum Gasteiger partial charge on any atom is 0.255 e. The topological polar surface area (TPSA) is 85.1 Å². The lowest BCUT2D eigenvalue weighted by molar-refractivity contribution is -0.113. The van der Waals surface area contributed by atoms with Crippen LogP contribution in [0.25, 0.3) is 16.3 Å². The van der Waals surface area contributed by atoms with Crippen LogP contribution in [-0.2, 0) is 4.79 Å². The molecular weight excluding hydrogens is 376 g/mol. The molecule has 0 saturated heterocycles. The Morgan fingerprint density at radius 2 is 2.28 bits per heavy atom. The maximum atomic E-state index is 12.2. The van der Waals surface area contributed by atoms with Crippen LogP contribution in [-0.4, -0.2) is 36.2 Å². The molecule has 7 nitrogen and oxygen atoms in total. The largest absolute Gasteiger partial charge is 0.301 e. The van der Waals surface area contributed by atoms with E-state index in [1.165, 1.54) is 23.1 Å². The van der Waals surface area contributed by atoms with Crippen molar-refractivity contribution in [2.45, 2.75) is 11.9 Å². The molecule has 126 valence electrons. The molecule has 1 N–H and O–H groups in total. The van der Waals surface area contributed by atoms with Gasteiger partial charge < -0.3 is 5.32 Å². The summed E-state index contributed by atoms with van der Waals surface area (Å²) in [4.78, 5) is 22.1. The minimum atomic E-state index is -0.104. The van der Waals surface area contributed by atoms with E-state index < -0.39 is 0 Å². The van der Waals surface area contributed by atoms with Gasteiger partial charge in [-0.1, -0.05) is 17.8 Å². The summed E-state index contributed by atoms with van der Waals surface area (Å²) in [6.45, 7) is 1.89. The van der Waals surface area contributed by atoms with Crippen LogP contribution in [0.1, 0.15) is 5.69 Å². The zero-order chi connectivity index (χ0) is 17.2. The fourth-order valence-corrected chi connectivity index (χ4v) is 4.53. The molecule has 10 heteroatoms. The SMILES string of the molecule is Cc1cc(SCC(=O)Nc2nc(-c3cccs3)cs2)n2cnnc2n1. The molecular formula is C15H12N6OS3. The summed E-state index contributed by atoms with van der Waals surface area (Å²) in [5.74, 6) is 0.696. The number of hydrogen-bond acceptors (Lipinski definition) is 8. The second kappa shape index (κ2) is 6.90. The number of anilines is 1. The van der Waals surface area contributed by atoms with Gasteiger partial charge >= 0.3 is 0 Å². The van der Waals surface area contributed by atoms with Crippen molar-refractivity contribution in [2.24, 2.45) is 0 Å². The van der Waals surface area contributed by atoms with Crippen molar-refractivity contribution >= 4 is 51.3 Å². The molecule has 4 aromatic rings. The van der Waals surface area contributed by atoms with E-state index in [2.05, 4.69) is 25.5 Å². The van der Waals surface area contributed by atoms with E-state index in [0.29, 0.717) is 10.9 Å². The number of carbonyl (C=O) groups excluding carboxylic acids is 1. The molecule has 0 radical (unpaired) electrons. The zero-order valence-corrected chi connectivity index (χ0v) is 15.5. The van der Waals surface area contributed by atoms with Gasteiger partial charge in [0.1, 0.15) is 6.33 Å². The monoisotopic (exact) mass is 388 g/mol. The molecule has 0 aliphatic carbocycles. The highest BCUT2D eigenvalue weighted by atomic mass is 32.2. The van der Waals surface area contributed by atoms with E-state index in [4.69, 9.17) is 0 Å². The number of thioether (sulfide) groups is 1.